The summed E-state index contributed by atoms with van der Waals surface area (Å²) < 4.78 is 7.52. The van der Waals surface area contributed by atoms with E-state index in [0.29, 0.717) is 12.2 Å². The van der Waals surface area contributed by atoms with Gasteiger partial charge in [0.1, 0.15) is 12.4 Å². The Morgan fingerprint density at radius 3 is 2.43 bits per heavy atom. The molecule has 144 valence electrons. The number of ether oxygens (including phenoxy) is 1. The standard InChI is InChI=1S/C22H24N4O2/c27-22(20-9-4-5-10-21(20)26-12-6-11-23-26)25-15-13-24(14-16-25)17-18-28-19-7-2-1-3-8-19/h1-12H,13-18H2. The number of amides is 1. The molecule has 6 nitrogen and oxygen atoms in total. The van der Waals surface area contributed by atoms with Crippen molar-refractivity contribution in [3.8, 4) is 11.4 Å². The van der Waals surface area contributed by atoms with Gasteiger partial charge in [-0.15, -0.1) is 0 Å². The van der Waals surface area contributed by atoms with Crippen LogP contribution in [0.15, 0.2) is 73.1 Å². The first-order valence-corrected chi connectivity index (χ1v) is 9.60. The summed E-state index contributed by atoms with van der Waals surface area (Å²) >= 11 is 0. The smallest absolute Gasteiger partial charge is 0.256 e. The molecule has 1 aliphatic rings. The summed E-state index contributed by atoms with van der Waals surface area (Å²) in [6, 6.07) is 19.3. The number of nitrogens with zero attached hydrogens (tertiary/aromatic N) is 4. The molecule has 1 aliphatic heterocycles. The summed E-state index contributed by atoms with van der Waals surface area (Å²) in [5.41, 5.74) is 1.50. The molecule has 1 saturated heterocycles. The molecule has 6 heteroatoms. The van der Waals surface area contributed by atoms with Crippen LogP contribution in [0.5, 0.6) is 5.75 Å². The molecule has 0 saturated carbocycles. The Morgan fingerprint density at radius 1 is 0.929 bits per heavy atom. The van der Waals surface area contributed by atoms with Gasteiger partial charge in [0.15, 0.2) is 0 Å². The number of para-hydroxylation sites is 2. The van der Waals surface area contributed by atoms with Crippen LogP contribution < -0.4 is 4.74 Å². The quantitative estimate of drug-likeness (QED) is 0.664. The van der Waals surface area contributed by atoms with E-state index in [4.69, 9.17) is 4.74 Å². The monoisotopic (exact) mass is 376 g/mol. The van der Waals surface area contributed by atoms with E-state index in [1.165, 1.54) is 0 Å². The molecule has 0 aliphatic carbocycles. The van der Waals surface area contributed by atoms with Crippen LogP contribution in [0.3, 0.4) is 0 Å². The number of carbonyl (C=O) groups is 1. The molecule has 28 heavy (non-hydrogen) atoms. The second-order valence-electron chi connectivity index (χ2n) is 6.76. The van der Waals surface area contributed by atoms with Gasteiger partial charge in [-0.2, -0.15) is 5.10 Å². The first-order chi connectivity index (χ1) is 13.8. The van der Waals surface area contributed by atoms with Crippen molar-refractivity contribution in [2.75, 3.05) is 39.3 Å². The first kappa shape index (κ1) is 18.3. The van der Waals surface area contributed by atoms with Gasteiger partial charge in [0.25, 0.3) is 5.91 Å². The highest BCUT2D eigenvalue weighted by atomic mass is 16.5. The van der Waals surface area contributed by atoms with Crippen molar-refractivity contribution in [1.29, 1.82) is 0 Å². The summed E-state index contributed by atoms with van der Waals surface area (Å²) in [5, 5.41) is 4.27. The zero-order valence-electron chi connectivity index (χ0n) is 15.8. The molecular weight excluding hydrogens is 352 g/mol. The fraction of sp³-hybridized carbons (Fsp3) is 0.273. The van der Waals surface area contributed by atoms with Gasteiger partial charge in [-0.25, -0.2) is 4.68 Å². The molecule has 3 aromatic rings. The van der Waals surface area contributed by atoms with E-state index < -0.39 is 0 Å². The maximum absolute atomic E-state index is 13.1. The van der Waals surface area contributed by atoms with Crippen molar-refractivity contribution in [2.24, 2.45) is 0 Å². The fourth-order valence-electron chi connectivity index (χ4n) is 3.42. The molecule has 0 unspecified atom stereocenters. The van der Waals surface area contributed by atoms with Crippen LogP contribution in [0, 0.1) is 0 Å². The lowest BCUT2D eigenvalue weighted by molar-refractivity contribution is 0.0620. The van der Waals surface area contributed by atoms with E-state index >= 15 is 0 Å². The van der Waals surface area contributed by atoms with Crippen molar-refractivity contribution in [3.05, 3.63) is 78.6 Å². The van der Waals surface area contributed by atoms with Crippen molar-refractivity contribution in [1.82, 2.24) is 19.6 Å². The predicted octanol–water partition coefficient (Wildman–Crippen LogP) is 2.71. The molecule has 0 radical (unpaired) electrons. The molecule has 0 atom stereocenters. The third-order valence-corrected chi connectivity index (χ3v) is 4.96. The van der Waals surface area contributed by atoms with Crippen molar-refractivity contribution in [2.45, 2.75) is 0 Å². The Balaban J connectivity index is 1.31. The zero-order chi connectivity index (χ0) is 19.2. The topological polar surface area (TPSA) is 50.6 Å². The lowest BCUT2D eigenvalue weighted by atomic mass is 10.1. The summed E-state index contributed by atoms with van der Waals surface area (Å²) in [7, 11) is 0. The molecule has 1 amide bonds. The largest absolute Gasteiger partial charge is 0.492 e. The van der Waals surface area contributed by atoms with Crippen LogP contribution in [-0.4, -0.2) is 64.8 Å². The van der Waals surface area contributed by atoms with E-state index in [-0.39, 0.29) is 5.91 Å². The van der Waals surface area contributed by atoms with Gasteiger partial charge in [0.2, 0.25) is 0 Å². The van der Waals surface area contributed by atoms with E-state index in [1.807, 2.05) is 71.8 Å². The minimum atomic E-state index is 0.0614. The van der Waals surface area contributed by atoms with Gasteiger partial charge in [0.05, 0.1) is 11.3 Å². The lowest BCUT2D eigenvalue weighted by Crippen LogP contribution is -2.49. The second kappa shape index (κ2) is 8.71. The van der Waals surface area contributed by atoms with Crippen LogP contribution in [0.1, 0.15) is 10.4 Å². The van der Waals surface area contributed by atoms with E-state index in [9.17, 15) is 4.79 Å². The Kier molecular flexibility index (Phi) is 5.68. The Morgan fingerprint density at radius 2 is 1.68 bits per heavy atom. The molecule has 1 aromatic heterocycles. The van der Waals surface area contributed by atoms with Crippen LogP contribution in [0.4, 0.5) is 0 Å². The SMILES string of the molecule is O=C(c1ccccc1-n1cccn1)N1CCN(CCOc2ccccc2)CC1. The summed E-state index contributed by atoms with van der Waals surface area (Å²) in [4.78, 5) is 17.3. The number of benzene rings is 2. The number of hydrogen-bond acceptors (Lipinski definition) is 4. The summed E-state index contributed by atoms with van der Waals surface area (Å²) in [6.07, 6.45) is 3.58. The normalized spacial score (nSPS) is 14.8. The second-order valence-corrected chi connectivity index (χ2v) is 6.76. The highest BCUT2D eigenvalue weighted by Crippen LogP contribution is 2.17. The van der Waals surface area contributed by atoms with Crippen LogP contribution in [-0.2, 0) is 0 Å². The number of carbonyl (C=O) groups excluding carboxylic acids is 1. The fourth-order valence-corrected chi connectivity index (χ4v) is 3.42. The van der Waals surface area contributed by atoms with Gasteiger partial charge >= 0.3 is 0 Å². The average molecular weight is 376 g/mol. The van der Waals surface area contributed by atoms with Crippen molar-refractivity contribution < 1.29 is 9.53 Å². The Labute approximate surface area is 164 Å². The molecule has 1 fully saturated rings. The van der Waals surface area contributed by atoms with E-state index in [1.54, 1.807) is 10.9 Å². The third kappa shape index (κ3) is 4.23. The van der Waals surface area contributed by atoms with Crippen LogP contribution in [0.25, 0.3) is 5.69 Å². The Hall–Kier alpha value is -3.12. The minimum absolute atomic E-state index is 0.0614. The summed E-state index contributed by atoms with van der Waals surface area (Å²) in [5.74, 6) is 0.956. The van der Waals surface area contributed by atoms with Crippen LogP contribution in [0.2, 0.25) is 0 Å². The lowest BCUT2D eigenvalue weighted by Gasteiger charge is -2.35. The van der Waals surface area contributed by atoms with Crippen LogP contribution >= 0.6 is 0 Å². The minimum Gasteiger partial charge on any atom is -0.492 e. The van der Waals surface area contributed by atoms with Gasteiger partial charge in [-0.05, 0) is 30.3 Å². The Bertz CT molecular complexity index is 888. The maximum Gasteiger partial charge on any atom is 0.256 e. The molecular formula is C22H24N4O2. The number of aromatic nitrogens is 2. The van der Waals surface area contributed by atoms with Crippen molar-refractivity contribution >= 4 is 5.91 Å². The molecule has 0 N–H and O–H groups in total. The maximum atomic E-state index is 13.1. The van der Waals surface area contributed by atoms with Gasteiger partial charge < -0.3 is 9.64 Å². The van der Waals surface area contributed by atoms with E-state index in [0.717, 1.165) is 44.2 Å². The molecule has 4 rings (SSSR count). The first-order valence-electron chi connectivity index (χ1n) is 9.60. The third-order valence-electron chi connectivity index (χ3n) is 4.96. The van der Waals surface area contributed by atoms with Gasteiger partial charge in [0, 0.05) is 45.1 Å². The highest BCUT2D eigenvalue weighted by molar-refractivity contribution is 5.97. The van der Waals surface area contributed by atoms with Gasteiger partial charge in [-0.1, -0.05) is 30.3 Å². The van der Waals surface area contributed by atoms with E-state index in [2.05, 4.69) is 10.00 Å². The molecule has 2 aromatic carbocycles. The number of piperazine rings is 1. The number of rotatable bonds is 6. The zero-order valence-corrected chi connectivity index (χ0v) is 15.8. The summed E-state index contributed by atoms with van der Waals surface area (Å²) in [6.45, 7) is 4.66. The molecule has 0 spiro atoms. The van der Waals surface area contributed by atoms with Crippen molar-refractivity contribution in [3.63, 3.8) is 0 Å². The van der Waals surface area contributed by atoms with Gasteiger partial charge in [-0.3, -0.25) is 9.69 Å². The average Bonchev–Trinajstić information content (AvgIpc) is 3.29. The number of hydrogen-bond donors (Lipinski definition) is 0. The molecule has 2 heterocycles. The highest BCUT2D eigenvalue weighted by Gasteiger charge is 2.24. The predicted molar refractivity (Wildman–Crippen MR) is 108 cm³/mol. The molecule has 0 bridgehead atoms.